The third kappa shape index (κ3) is 3.14. The van der Waals surface area contributed by atoms with Crippen LogP contribution in [0.5, 0.6) is 11.5 Å². The van der Waals surface area contributed by atoms with Gasteiger partial charge in [-0.05, 0) is 30.5 Å². The Morgan fingerprint density at radius 2 is 2.25 bits per heavy atom. The number of ether oxygens (including phenoxy) is 3. The number of rotatable bonds is 4. The van der Waals surface area contributed by atoms with Gasteiger partial charge in [-0.25, -0.2) is 4.99 Å². The van der Waals surface area contributed by atoms with E-state index in [-0.39, 0.29) is 12.9 Å². The minimum Gasteiger partial charge on any atom is -0.454 e. The van der Waals surface area contributed by atoms with Gasteiger partial charge in [0.25, 0.3) is 0 Å². The van der Waals surface area contributed by atoms with E-state index in [0.717, 1.165) is 43.1 Å². The Morgan fingerprint density at radius 1 is 1.35 bits per heavy atom. The van der Waals surface area contributed by atoms with Crippen molar-refractivity contribution in [1.82, 2.24) is 5.32 Å². The Morgan fingerprint density at radius 3 is 3.10 bits per heavy atom. The Bertz CT molecular complexity index is 498. The van der Waals surface area contributed by atoms with E-state index in [4.69, 9.17) is 19.9 Å². The van der Waals surface area contributed by atoms with Gasteiger partial charge in [0, 0.05) is 13.2 Å². The number of nitrogens with two attached hydrogens (primary N) is 1. The van der Waals surface area contributed by atoms with Crippen LogP contribution >= 0.6 is 0 Å². The summed E-state index contributed by atoms with van der Waals surface area (Å²) in [7, 11) is 0. The van der Waals surface area contributed by atoms with Crippen molar-refractivity contribution in [1.29, 1.82) is 0 Å². The summed E-state index contributed by atoms with van der Waals surface area (Å²) < 4.78 is 16.1. The zero-order chi connectivity index (χ0) is 13.8. The van der Waals surface area contributed by atoms with Crippen LogP contribution in [0.1, 0.15) is 18.4 Å². The molecule has 1 unspecified atom stereocenters. The highest BCUT2D eigenvalue weighted by Crippen LogP contribution is 2.32. The lowest BCUT2D eigenvalue weighted by atomic mass is 10.2. The molecule has 0 aromatic heterocycles. The average molecular weight is 277 g/mol. The van der Waals surface area contributed by atoms with Crippen molar-refractivity contribution in [3.8, 4) is 11.5 Å². The molecule has 0 bridgehead atoms. The van der Waals surface area contributed by atoms with Crippen LogP contribution in [-0.2, 0) is 11.3 Å². The maximum absolute atomic E-state index is 5.84. The standard InChI is InChI=1S/C14H19N3O3/c15-14(17-8-11-2-1-5-18-11)16-7-10-3-4-12-13(6-10)20-9-19-12/h3-4,6,11H,1-2,5,7-9H2,(H3,15,16,17). The predicted octanol–water partition coefficient (Wildman–Crippen LogP) is 0.999. The minimum absolute atomic E-state index is 0.259. The van der Waals surface area contributed by atoms with Gasteiger partial charge in [-0.15, -0.1) is 0 Å². The monoisotopic (exact) mass is 277 g/mol. The van der Waals surface area contributed by atoms with Crippen LogP contribution in [0.4, 0.5) is 0 Å². The van der Waals surface area contributed by atoms with E-state index in [1.165, 1.54) is 0 Å². The molecule has 108 valence electrons. The fourth-order valence-corrected chi connectivity index (χ4v) is 2.30. The number of guanidine groups is 1. The van der Waals surface area contributed by atoms with Gasteiger partial charge >= 0.3 is 0 Å². The number of hydrogen-bond donors (Lipinski definition) is 2. The second kappa shape index (κ2) is 6.00. The highest BCUT2D eigenvalue weighted by Gasteiger charge is 2.15. The number of fused-ring (bicyclic) bond motifs is 1. The number of nitrogens with zero attached hydrogens (tertiary/aromatic N) is 1. The van der Waals surface area contributed by atoms with Gasteiger partial charge in [0.1, 0.15) is 0 Å². The quantitative estimate of drug-likeness (QED) is 0.634. The summed E-state index contributed by atoms with van der Waals surface area (Å²) in [5.74, 6) is 1.99. The van der Waals surface area contributed by atoms with Gasteiger partial charge in [0.15, 0.2) is 17.5 Å². The van der Waals surface area contributed by atoms with Gasteiger partial charge in [-0.1, -0.05) is 6.07 Å². The Kier molecular flexibility index (Phi) is 3.92. The summed E-state index contributed by atoms with van der Waals surface area (Å²) in [6, 6.07) is 5.78. The minimum atomic E-state index is 0.259. The van der Waals surface area contributed by atoms with Crippen LogP contribution in [0.2, 0.25) is 0 Å². The molecular formula is C14H19N3O3. The van der Waals surface area contributed by atoms with Crippen LogP contribution in [-0.4, -0.2) is 32.0 Å². The molecule has 0 aliphatic carbocycles. The first kappa shape index (κ1) is 13.1. The molecule has 6 nitrogen and oxygen atoms in total. The number of aliphatic imine (C=N–C) groups is 1. The van der Waals surface area contributed by atoms with Crippen LogP contribution in [0, 0.1) is 0 Å². The van der Waals surface area contributed by atoms with Crippen molar-refractivity contribution in [3.63, 3.8) is 0 Å². The molecule has 0 saturated carbocycles. The molecule has 1 saturated heterocycles. The lowest BCUT2D eigenvalue weighted by Gasteiger charge is -2.11. The van der Waals surface area contributed by atoms with E-state index >= 15 is 0 Å². The van der Waals surface area contributed by atoms with Crippen molar-refractivity contribution in [2.45, 2.75) is 25.5 Å². The second-order valence-corrected chi connectivity index (χ2v) is 4.91. The first-order valence-corrected chi connectivity index (χ1v) is 6.85. The van der Waals surface area contributed by atoms with Gasteiger partial charge < -0.3 is 25.3 Å². The lowest BCUT2D eigenvalue weighted by molar-refractivity contribution is 0.114. The van der Waals surface area contributed by atoms with Gasteiger partial charge in [0.05, 0.1) is 12.6 Å². The summed E-state index contributed by atoms with van der Waals surface area (Å²) in [6.45, 7) is 2.37. The van der Waals surface area contributed by atoms with Crippen molar-refractivity contribution in [2.24, 2.45) is 10.7 Å². The van der Waals surface area contributed by atoms with Crippen LogP contribution in [0.3, 0.4) is 0 Å². The SMILES string of the molecule is NC(=NCc1ccc2c(c1)OCO2)NCC1CCCO1. The summed E-state index contributed by atoms with van der Waals surface area (Å²) in [5.41, 5.74) is 6.88. The smallest absolute Gasteiger partial charge is 0.231 e. The highest BCUT2D eigenvalue weighted by atomic mass is 16.7. The van der Waals surface area contributed by atoms with Crippen molar-refractivity contribution in [2.75, 3.05) is 19.9 Å². The number of hydrogen-bond acceptors (Lipinski definition) is 4. The largest absolute Gasteiger partial charge is 0.454 e. The fourth-order valence-electron chi connectivity index (χ4n) is 2.30. The summed E-state index contributed by atoms with van der Waals surface area (Å²) in [4.78, 5) is 4.31. The van der Waals surface area contributed by atoms with E-state index in [2.05, 4.69) is 10.3 Å². The third-order valence-corrected chi connectivity index (χ3v) is 3.40. The molecular weight excluding hydrogens is 258 g/mol. The summed E-state index contributed by atoms with van der Waals surface area (Å²) in [6.07, 6.45) is 2.47. The molecule has 3 rings (SSSR count). The first-order chi connectivity index (χ1) is 9.81. The molecule has 1 aromatic carbocycles. The molecule has 1 atom stereocenters. The highest BCUT2D eigenvalue weighted by molar-refractivity contribution is 5.77. The summed E-state index contributed by atoms with van der Waals surface area (Å²) >= 11 is 0. The maximum Gasteiger partial charge on any atom is 0.231 e. The molecule has 0 amide bonds. The molecule has 6 heteroatoms. The number of nitrogens with one attached hydrogen (secondary N) is 1. The van der Waals surface area contributed by atoms with E-state index in [1.54, 1.807) is 0 Å². The van der Waals surface area contributed by atoms with E-state index in [0.29, 0.717) is 12.5 Å². The van der Waals surface area contributed by atoms with E-state index in [1.807, 2.05) is 18.2 Å². The molecule has 20 heavy (non-hydrogen) atoms. The molecule has 1 fully saturated rings. The molecule has 1 aromatic rings. The van der Waals surface area contributed by atoms with Gasteiger partial charge in [-0.3, -0.25) is 0 Å². The zero-order valence-corrected chi connectivity index (χ0v) is 11.3. The fraction of sp³-hybridized carbons (Fsp3) is 0.500. The first-order valence-electron chi connectivity index (χ1n) is 6.85. The lowest BCUT2D eigenvalue weighted by Crippen LogP contribution is -2.37. The van der Waals surface area contributed by atoms with Crippen LogP contribution < -0.4 is 20.5 Å². The zero-order valence-electron chi connectivity index (χ0n) is 11.3. The van der Waals surface area contributed by atoms with E-state index in [9.17, 15) is 0 Å². The molecule has 0 radical (unpaired) electrons. The molecule has 2 aliphatic rings. The van der Waals surface area contributed by atoms with Gasteiger partial charge in [-0.2, -0.15) is 0 Å². The second-order valence-electron chi connectivity index (χ2n) is 4.91. The Hall–Kier alpha value is -1.95. The normalized spacial score (nSPS) is 21.2. The third-order valence-electron chi connectivity index (χ3n) is 3.40. The summed E-state index contributed by atoms with van der Waals surface area (Å²) in [5, 5.41) is 3.09. The van der Waals surface area contributed by atoms with Crippen molar-refractivity contribution < 1.29 is 14.2 Å². The maximum atomic E-state index is 5.84. The Labute approximate surface area is 117 Å². The van der Waals surface area contributed by atoms with E-state index < -0.39 is 0 Å². The van der Waals surface area contributed by atoms with Crippen LogP contribution in [0.25, 0.3) is 0 Å². The predicted molar refractivity (Wildman–Crippen MR) is 74.9 cm³/mol. The van der Waals surface area contributed by atoms with Crippen molar-refractivity contribution in [3.05, 3.63) is 23.8 Å². The topological polar surface area (TPSA) is 78.1 Å². The molecule has 2 heterocycles. The molecule has 0 spiro atoms. The molecule has 2 aliphatic heterocycles. The number of benzene rings is 1. The van der Waals surface area contributed by atoms with Crippen molar-refractivity contribution >= 4 is 5.96 Å². The van der Waals surface area contributed by atoms with Crippen LogP contribution in [0.15, 0.2) is 23.2 Å². The Balaban J connectivity index is 1.50. The average Bonchev–Trinajstić information content (AvgIpc) is 3.13. The molecule has 3 N–H and O–H groups in total. The van der Waals surface area contributed by atoms with Gasteiger partial charge in [0.2, 0.25) is 6.79 Å².